The normalized spacial score (nSPS) is 14.2. The van der Waals surface area contributed by atoms with Crippen molar-refractivity contribution in [2.75, 3.05) is 11.6 Å². The Morgan fingerprint density at radius 2 is 1.77 bits per heavy atom. The van der Waals surface area contributed by atoms with Gasteiger partial charge in [0.05, 0.1) is 12.3 Å². The van der Waals surface area contributed by atoms with Crippen molar-refractivity contribution in [2.45, 2.75) is 20.0 Å². The minimum absolute atomic E-state index is 0.0147. The minimum atomic E-state index is -0.487. The Morgan fingerprint density at radius 1 is 1.03 bits per heavy atom. The van der Waals surface area contributed by atoms with Crippen molar-refractivity contribution in [1.29, 1.82) is 0 Å². The number of halogens is 1. The Bertz CT molecular complexity index is 1270. The van der Waals surface area contributed by atoms with Crippen LogP contribution >= 0.6 is 0 Å². The maximum Gasteiger partial charge on any atom is 0.282 e. The molecule has 0 aromatic heterocycles. The van der Waals surface area contributed by atoms with Crippen molar-refractivity contribution in [1.82, 2.24) is 5.43 Å². The summed E-state index contributed by atoms with van der Waals surface area (Å²) >= 11 is 0. The van der Waals surface area contributed by atoms with E-state index < -0.39 is 11.8 Å². The zero-order chi connectivity index (χ0) is 24.8. The highest BCUT2D eigenvalue weighted by molar-refractivity contribution is 6.31. The van der Waals surface area contributed by atoms with Gasteiger partial charge in [-0.3, -0.25) is 15.0 Å². The lowest BCUT2D eigenvalue weighted by molar-refractivity contribution is -0.117. The highest BCUT2D eigenvalue weighted by atomic mass is 19.1. The Hall–Kier alpha value is -4.39. The molecule has 0 spiro atoms. The van der Waals surface area contributed by atoms with Gasteiger partial charge in [0, 0.05) is 5.56 Å². The van der Waals surface area contributed by atoms with Gasteiger partial charge in [-0.2, -0.15) is 0 Å². The molecular formula is C28H25FN2O4. The molecule has 1 saturated heterocycles. The van der Waals surface area contributed by atoms with Gasteiger partial charge in [0.1, 0.15) is 18.0 Å². The smallest absolute Gasteiger partial charge is 0.282 e. The predicted molar refractivity (Wildman–Crippen MR) is 132 cm³/mol. The summed E-state index contributed by atoms with van der Waals surface area (Å²) in [5.41, 5.74) is 5.39. The maximum absolute atomic E-state index is 13.2. The zero-order valence-corrected chi connectivity index (χ0v) is 19.3. The number of hydrazine groups is 1. The lowest BCUT2D eigenvalue weighted by Gasteiger charge is -2.17. The summed E-state index contributed by atoms with van der Waals surface area (Å²) in [4.78, 5) is 25.6. The average molecular weight is 473 g/mol. The molecule has 7 heteroatoms. The van der Waals surface area contributed by atoms with Gasteiger partial charge in [0.2, 0.25) is 0 Å². The van der Waals surface area contributed by atoms with Crippen LogP contribution in [0, 0.1) is 5.82 Å². The van der Waals surface area contributed by atoms with Gasteiger partial charge in [0.25, 0.3) is 11.8 Å². The molecule has 0 saturated carbocycles. The first kappa shape index (κ1) is 23.8. The van der Waals surface area contributed by atoms with E-state index in [1.165, 1.54) is 17.1 Å². The number of allylic oxidation sites excluding steroid dienone is 1. The SMILES string of the molecule is C=CCc1cc(C=C2C(=O)NN(c3ccccc3)C2=O)cc(OCC)c1OCc1ccc(F)cc1. The fourth-order valence-corrected chi connectivity index (χ4v) is 3.72. The summed E-state index contributed by atoms with van der Waals surface area (Å²) in [6.07, 6.45) is 3.75. The standard InChI is InChI=1S/C28H25FN2O4/c1-3-8-21-15-20(16-24-27(32)30-31(28(24)33)23-9-6-5-7-10-23)17-25(34-4-2)26(21)35-18-19-11-13-22(29)14-12-19/h3,5-7,9-17H,1,4,8,18H2,2H3,(H,30,32). The number of ether oxygens (including phenoxy) is 2. The Kier molecular flexibility index (Phi) is 7.26. The fourth-order valence-electron chi connectivity index (χ4n) is 3.72. The molecule has 1 fully saturated rings. The number of hydrogen-bond donors (Lipinski definition) is 1. The number of carbonyl (C=O) groups is 2. The third kappa shape index (κ3) is 5.41. The number of nitrogens with zero attached hydrogens (tertiary/aromatic N) is 1. The summed E-state index contributed by atoms with van der Waals surface area (Å²) in [6, 6.07) is 18.5. The number of rotatable bonds is 9. The van der Waals surface area contributed by atoms with Crippen LogP contribution in [-0.4, -0.2) is 18.4 Å². The largest absolute Gasteiger partial charge is 0.490 e. The number of carbonyl (C=O) groups excluding carboxylic acids is 2. The van der Waals surface area contributed by atoms with E-state index in [0.29, 0.717) is 35.8 Å². The first-order valence-corrected chi connectivity index (χ1v) is 11.2. The molecule has 0 unspecified atom stereocenters. The van der Waals surface area contributed by atoms with Crippen molar-refractivity contribution in [3.05, 3.63) is 107 Å². The summed E-state index contributed by atoms with van der Waals surface area (Å²) in [5, 5.41) is 1.22. The van der Waals surface area contributed by atoms with Gasteiger partial charge in [-0.1, -0.05) is 36.4 Å². The molecule has 3 aromatic carbocycles. The van der Waals surface area contributed by atoms with Crippen molar-refractivity contribution >= 4 is 23.6 Å². The first-order valence-electron chi connectivity index (χ1n) is 11.2. The van der Waals surface area contributed by atoms with Crippen LogP contribution < -0.4 is 19.9 Å². The summed E-state index contributed by atoms with van der Waals surface area (Å²) in [7, 11) is 0. The molecule has 3 aromatic rings. The van der Waals surface area contributed by atoms with E-state index in [9.17, 15) is 14.0 Å². The maximum atomic E-state index is 13.2. The van der Waals surface area contributed by atoms with E-state index in [1.54, 1.807) is 54.6 Å². The molecule has 1 heterocycles. The van der Waals surface area contributed by atoms with Gasteiger partial charge in [-0.05, 0) is 66.9 Å². The van der Waals surface area contributed by atoms with Gasteiger partial charge in [-0.15, -0.1) is 6.58 Å². The van der Waals surface area contributed by atoms with Crippen LogP contribution in [-0.2, 0) is 22.6 Å². The van der Waals surface area contributed by atoms with Crippen LogP contribution in [0.1, 0.15) is 23.6 Å². The Labute approximate surface area is 203 Å². The molecule has 35 heavy (non-hydrogen) atoms. The second-order valence-corrected chi connectivity index (χ2v) is 7.82. The first-order chi connectivity index (χ1) is 17.0. The van der Waals surface area contributed by atoms with Crippen LogP contribution in [0.2, 0.25) is 0 Å². The molecule has 0 radical (unpaired) electrons. The van der Waals surface area contributed by atoms with Gasteiger partial charge < -0.3 is 9.47 Å². The predicted octanol–water partition coefficient (Wildman–Crippen LogP) is 4.99. The van der Waals surface area contributed by atoms with Crippen molar-refractivity contribution in [3.63, 3.8) is 0 Å². The molecule has 1 N–H and O–H groups in total. The average Bonchev–Trinajstić information content (AvgIpc) is 3.14. The molecule has 178 valence electrons. The monoisotopic (exact) mass is 472 g/mol. The van der Waals surface area contributed by atoms with Crippen LogP contribution in [0.25, 0.3) is 6.08 Å². The summed E-state index contributed by atoms with van der Waals surface area (Å²) in [6.45, 7) is 6.29. The van der Waals surface area contributed by atoms with E-state index in [0.717, 1.165) is 11.1 Å². The topological polar surface area (TPSA) is 67.9 Å². The van der Waals surface area contributed by atoms with E-state index in [2.05, 4.69) is 12.0 Å². The van der Waals surface area contributed by atoms with Crippen molar-refractivity contribution < 1.29 is 23.5 Å². The van der Waals surface area contributed by atoms with Gasteiger partial charge >= 0.3 is 0 Å². The number of anilines is 1. The van der Waals surface area contributed by atoms with Crippen LogP contribution in [0.3, 0.4) is 0 Å². The third-order valence-corrected chi connectivity index (χ3v) is 5.33. The van der Waals surface area contributed by atoms with Gasteiger partial charge in [0.15, 0.2) is 11.5 Å². The zero-order valence-electron chi connectivity index (χ0n) is 19.3. The van der Waals surface area contributed by atoms with E-state index in [1.807, 2.05) is 19.1 Å². The Balaban J connectivity index is 1.66. The minimum Gasteiger partial charge on any atom is -0.490 e. The van der Waals surface area contributed by atoms with Crippen LogP contribution in [0.15, 0.2) is 85.0 Å². The van der Waals surface area contributed by atoms with Crippen LogP contribution in [0.5, 0.6) is 11.5 Å². The Morgan fingerprint density at radius 3 is 2.46 bits per heavy atom. The molecule has 0 bridgehead atoms. The third-order valence-electron chi connectivity index (χ3n) is 5.33. The molecule has 6 nitrogen and oxygen atoms in total. The number of benzene rings is 3. The quantitative estimate of drug-likeness (QED) is 0.271. The van der Waals surface area contributed by atoms with E-state index in [-0.39, 0.29) is 18.0 Å². The lowest BCUT2D eigenvalue weighted by atomic mass is 10.0. The number of nitrogens with one attached hydrogen (secondary N) is 1. The lowest BCUT2D eigenvalue weighted by Crippen LogP contribution is -2.35. The van der Waals surface area contributed by atoms with Crippen molar-refractivity contribution in [2.24, 2.45) is 0 Å². The molecule has 2 amide bonds. The number of hydrogen-bond acceptors (Lipinski definition) is 4. The van der Waals surface area contributed by atoms with Gasteiger partial charge in [-0.25, -0.2) is 9.40 Å². The summed E-state index contributed by atoms with van der Waals surface area (Å²) < 4.78 is 25.1. The molecule has 1 aliphatic heterocycles. The molecular weight excluding hydrogens is 447 g/mol. The van der Waals surface area contributed by atoms with Crippen LogP contribution in [0.4, 0.5) is 10.1 Å². The number of para-hydroxylation sites is 1. The molecule has 1 aliphatic rings. The second kappa shape index (κ2) is 10.7. The number of amides is 2. The summed E-state index contributed by atoms with van der Waals surface area (Å²) in [5.74, 6) is -0.234. The highest BCUT2D eigenvalue weighted by Crippen LogP contribution is 2.36. The van der Waals surface area contributed by atoms with E-state index in [4.69, 9.17) is 9.47 Å². The second-order valence-electron chi connectivity index (χ2n) is 7.82. The van der Waals surface area contributed by atoms with E-state index >= 15 is 0 Å². The van der Waals surface area contributed by atoms with Crippen molar-refractivity contribution in [3.8, 4) is 11.5 Å². The molecule has 0 aliphatic carbocycles. The molecule has 0 atom stereocenters. The highest BCUT2D eigenvalue weighted by Gasteiger charge is 2.34. The fraction of sp³-hybridized carbons (Fsp3) is 0.143. The molecule has 4 rings (SSSR count).